The van der Waals surface area contributed by atoms with E-state index < -0.39 is 12.2 Å². The summed E-state index contributed by atoms with van der Waals surface area (Å²) in [5, 5.41) is 10.7. The molecular formula is C25H47NO4. The molecule has 0 saturated carbocycles. The molecule has 0 saturated heterocycles. The summed E-state index contributed by atoms with van der Waals surface area (Å²) in [5.41, 5.74) is 0. The van der Waals surface area contributed by atoms with Gasteiger partial charge in [-0.15, -0.1) is 0 Å². The number of carboxylic acid groups (broad SMARTS) is 1. The van der Waals surface area contributed by atoms with Gasteiger partial charge in [0.05, 0.1) is 21.1 Å². The van der Waals surface area contributed by atoms with Gasteiger partial charge in [-0.2, -0.15) is 0 Å². The third-order valence-corrected chi connectivity index (χ3v) is 5.37. The zero-order valence-corrected chi connectivity index (χ0v) is 20.1. The van der Waals surface area contributed by atoms with Crippen molar-refractivity contribution < 1.29 is 23.9 Å². The maximum Gasteiger partial charge on any atom is 0.310 e. The van der Waals surface area contributed by atoms with Crippen LogP contribution in [-0.4, -0.2) is 43.8 Å². The molecule has 0 unspecified atom stereocenters. The lowest BCUT2D eigenvalue weighted by atomic mass is 10.1. The largest absolute Gasteiger partial charge is 0.550 e. The molecule has 0 N–H and O–H groups in total. The fraction of sp³-hybridized carbons (Fsp3) is 0.840. The summed E-state index contributed by atoms with van der Waals surface area (Å²) in [6.45, 7) is 2.25. The number of carboxylic acids is 1. The summed E-state index contributed by atoms with van der Waals surface area (Å²) in [5.74, 6) is -1.34. The zero-order chi connectivity index (χ0) is 22.7. The molecule has 0 aliphatic rings. The Morgan fingerprint density at radius 3 is 1.80 bits per heavy atom. The van der Waals surface area contributed by atoms with Gasteiger partial charge in [0.25, 0.3) is 0 Å². The molecule has 5 heteroatoms. The number of esters is 1. The standard InChI is InChI=1S/C25H47NO4/c1-5-6-7-8-9-10-11-12-13-14-15-16-17-18-19-20-25(29)30-23(26(2,3)4)21-22-24(27)28/h10-11,23H,5-9,12-22H2,1-4H3/b11-10-/t23-/m0/s1. The quantitative estimate of drug-likeness (QED) is 0.0891. The Morgan fingerprint density at radius 1 is 0.800 bits per heavy atom. The van der Waals surface area contributed by atoms with Crippen molar-refractivity contribution in [2.75, 3.05) is 21.1 Å². The van der Waals surface area contributed by atoms with Crippen molar-refractivity contribution in [3.8, 4) is 0 Å². The lowest BCUT2D eigenvalue weighted by Crippen LogP contribution is -2.48. The molecule has 5 nitrogen and oxygen atoms in total. The van der Waals surface area contributed by atoms with Crippen LogP contribution >= 0.6 is 0 Å². The van der Waals surface area contributed by atoms with Crippen LogP contribution in [0.2, 0.25) is 0 Å². The second-order valence-electron chi connectivity index (χ2n) is 9.31. The highest BCUT2D eigenvalue weighted by Gasteiger charge is 2.27. The van der Waals surface area contributed by atoms with Crippen LogP contribution in [0.4, 0.5) is 0 Å². The van der Waals surface area contributed by atoms with Gasteiger partial charge in [-0.25, -0.2) is 0 Å². The molecule has 30 heavy (non-hydrogen) atoms. The van der Waals surface area contributed by atoms with E-state index in [1.807, 2.05) is 21.1 Å². The Hall–Kier alpha value is -1.36. The van der Waals surface area contributed by atoms with Crippen LogP contribution in [0.5, 0.6) is 0 Å². The highest BCUT2D eigenvalue weighted by molar-refractivity contribution is 5.69. The van der Waals surface area contributed by atoms with Crippen molar-refractivity contribution in [3.05, 3.63) is 12.2 Å². The van der Waals surface area contributed by atoms with Crippen LogP contribution in [0, 0.1) is 0 Å². The molecule has 176 valence electrons. The fourth-order valence-corrected chi connectivity index (χ4v) is 3.40. The highest BCUT2D eigenvalue weighted by Crippen LogP contribution is 2.15. The topological polar surface area (TPSA) is 66.4 Å². The molecule has 0 rings (SSSR count). The lowest BCUT2D eigenvalue weighted by molar-refractivity contribution is -0.917. The number of aliphatic carboxylic acids is 1. The molecule has 0 fully saturated rings. The van der Waals surface area contributed by atoms with Gasteiger partial charge in [-0.05, 0) is 38.5 Å². The Labute approximate surface area is 185 Å². The summed E-state index contributed by atoms with van der Waals surface area (Å²) in [7, 11) is 5.70. The van der Waals surface area contributed by atoms with E-state index in [-0.39, 0.29) is 18.8 Å². The first-order valence-electron chi connectivity index (χ1n) is 12.1. The van der Waals surface area contributed by atoms with Crippen molar-refractivity contribution in [1.82, 2.24) is 0 Å². The maximum absolute atomic E-state index is 12.1. The van der Waals surface area contributed by atoms with Crippen LogP contribution in [0.3, 0.4) is 0 Å². The van der Waals surface area contributed by atoms with Crippen molar-refractivity contribution in [2.24, 2.45) is 0 Å². The van der Waals surface area contributed by atoms with E-state index in [2.05, 4.69) is 19.1 Å². The Balaban J connectivity index is 3.63. The maximum atomic E-state index is 12.1. The molecule has 1 atom stereocenters. The van der Waals surface area contributed by atoms with Gasteiger partial charge >= 0.3 is 5.97 Å². The van der Waals surface area contributed by atoms with Crippen LogP contribution in [0.25, 0.3) is 0 Å². The fourth-order valence-electron chi connectivity index (χ4n) is 3.40. The molecule has 0 aromatic heterocycles. The number of rotatable bonds is 20. The molecular weight excluding hydrogens is 378 g/mol. The molecule has 0 aliphatic heterocycles. The van der Waals surface area contributed by atoms with Crippen molar-refractivity contribution >= 4 is 11.9 Å². The third kappa shape index (κ3) is 18.7. The summed E-state index contributed by atoms with van der Waals surface area (Å²) in [6.07, 6.45) is 20.7. The monoisotopic (exact) mass is 425 g/mol. The minimum Gasteiger partial charge on any atom is -0.550 e. The molecule has 0 radical (unpaired) electrons. The minimum atomic E-state index is -1.11. The molecule has 0 aliphatic carbocycles. The van der Waals surface area contributed by atoms with E-state index in [1.165, 1.54) is 64.2 Å². The predicted octanol–water partition coefficient (Wildman–Crippen LogP) is 5.13. The van der Waals surface area contributed by atoms with Crippen molar-refractivity contribution in [2.45, 2.75) is 116 Å². The predicted molar refractivity (Wildman–Crippen MR) is 122 cm³/mol. The molecule has 0 heterocycles. The average molecular weight is 426 g/mol. The molecule has 0 aromatic carbocycles. The van der Waals surface area contributed by atoms with Gasteiger partial charge in [0.1, 0.15) is 0 Å². The number of hydrogen-bond acceptors (Lipinski definition) is 4. The van der Waals surface area contributed by atoms with Crippen molar-refractivity contribution in [1.29, 1.82) is 0 Å². The first kappa shape index (κ1) is 28.6. The van der Waals surface area contributed by atoms with Gasteiger partial charge in [0.2, 0.25) is 6.23 Å². The number of ether oxygens (including phenoxy) is 1. The summed E-state index contributed by atoms with van der Waals surface area (Å²) >= 11 is 0. The molecule has 0 bridgehead atoms. The van der Waals surface area contributed by atoms with E-state index >= 15 is 0 Å². The van der Waals surface area contributed by atoms with Crippen LogP contribution in [0.15, 0.2) is 12.2 Å². The van der Waals surface area contributed by atoms with E-state index in [9.17, 15) is 14.7 Å². The number of carbonyl (C=O) groups excluding carboxylic acids is 2. The number of carbonyl (C=O) groups is 2. The van der Waals surface area contributed by atoms with Crippen LogP contribution in [-0.2, 0) is 14.3 Å². The number of unbranched alkanes of at least 4 members (excludes halogenated alkanes) is 11. The van der Waals surface area contributed by atoms with Gasteiger partial charge in [0.15, 0.2) is 0 Å². The first-order chi connectivity index (χ1) is 14.3. The molecule has 0 spiro atoms. The number of nitrogens with zero attached hydrogens (tertiary/aromatic N) is 1. The average Bonchev–Trinajstić information content (AvgIpc) is 2.67. The molecule has 0 aromatic rings. The van der Waals surface area contributed by atoms with Crippen LogP contribution < -0.4 is 5.11 Å². The van der Waals surface area contributed by atoms with Crippen LogP contribution in [0.1, 0.15) is 110 Å². The van der Waals surface area contributed by atoms with Gasteiger partial charge in [-0.3, -0.25) is 9.28 Å². The highest BCUT2D eigenvalue weighted by atomic mass is 16.6. The summed E-state index contributed by atoms with van der Waals surface area (Å²) in [4.78, 5) is 22.8. The third-order valence-electron chi connectivity index (χ3n) is 5.37. The number of hydrogen-bond donors (Lipinski definition) is 0. The SMILES string of the molecule is CCCCCC/C=C\CCCCCCCCCC(=O)O[C@@H](CCC(=O)[O-])[N+](C)(C)C. The number of quaternary nitrogens is 1. The summed E-state index contributed by atoms with van der Waals surface area (Å²) in [6, 6.07) is 0. The Kier molecular flexibility index (Phi) is 17.6. The minimum absolute atomic E-state index is 0.0950. The first-order valence-corrected chi connectivity index (χ1v) is 12.1. The smallest absolute Gasteiger partial charge is 0.310 e. The lowest BCUT2D eigenvalue weighted by Gasteiger charge is -2.33. The number of allylic oxidation sites excluding steroid dienone is 2. The van der Waals surface area contributed by atoms with Crippen molar-refractivity contribution in [3.63, 3.8) is 0 Å². The van der Waals surface area contributed by atoms with E-state index in [0.29, 0.717) is 10.9 Å². The summed E-state index contributed by atoms with van der Waals surface area (Å²) < 4.78 is 5.92. The second-order valence-corrected chi connectivity index (χ2v) is 9.31. The molecule has 0 amide bonds. The zero-order valence-electron chi connectivity index (χ0n) is 20.1. The van der Waals surface area contributed by atoms with E-state index in [1.54, 1.807) is 0 Å². The van der Waals surface area contributed by atoms with Gasteiger partial charge in [-0.1, -0.05) is 70.4 Å². The Morgan fingerprint density at radius 2 is 1.30 bits per heavy atom. The van der Waals surface area contributed by atoms with E-state index in [4.69, 9.17) is 4.74 Å². The normalized spacial score (nSPS) is 12.9. The van der Waals surface area contributed by atoms with Gasteiger partial charge < -0.3 is 14.6 Å². The van der Waals surface area contributed by atoms with Gasteiger partial charge in [0, 0.05) is 18.8 Å². The van der Waals surface area contributed by atoms with E-state index in [0.717, 1.165) is 19.3 Å². The Bertz CT molecular complexity index is 468. The second kappa shape index (κ2) is 18.4.